The van der Waals surface area contributed by atoms with E-state index in [1.54, 1.807) is 6.07 Å². The Hall–Kier alpha value is -1.77. The SMILES string of the molecule is Cc1c(-c2ccc(Cl)c(Cl)c2)ncn1Cc1ccccc1. The minimum absolute atomic E-state index is 0.547. The lowest BCUT2D eigenvalue weighted by Gasteiger charge is -2.07. The Morgan fingerprint density at radius 1 is 1.00 bits per heavy atom. The van der Waals surface area contributed by atoms with Crippen molar-refractivity contribution in [2.45, 2.75) is 13.5 Å². The molecule has 0 spiro atoms. The quantitative estimate of drug-likeness (QED) is 0.648. The van der Waals surface area contributed by atoms with E-state index in [1.807, 2.05) is 36.7 Å². The summed E-state index contributed by atoms with van der Waals surface area (Å²) < 4.78 is 2.13. The Balaban J connectivity index is 1.93. The molecule has 0 saturated carbocycles. The summed E-state index contributed by atoms with van der Waals surface area (Å²) in [5, 5.41) is 1.10. The summed E-state index contributed by atoms with van der Waals surface area (Å²) >= 11 is 12.0. The van der Waals surface area contributed by atoms with Crippen LogP contribution in [0.15, 0.2) is 54.9 Å². The van der Waals surface area contributed by atoms with E-state index in [0.717, 1.165) is 23.5 Å². The van der Waals surface area contributed by atoms with Crippen molar-refractivity contribution in [3.8, 4) is 11.3 Å². The number of aromatic nitrogens is 2. The maximum atomic E-state index is 6.09. The van der Waals surface area contributed by atoms with Gasteiger partial charge in [0.1, 0.15) is 0 Å². The summed E-state index contributed by atoms with van der Waals surface area (Å²) in [6.45, 7) is 2.87. The van der Waals surface area contributed by atoms with Gasteiger partial charge >= 0.3 is 0 Å². The van der Waals surface area contributed by atoms with E-state index in [0.29, 0.717) is 10.0 Å². The normalized spacial score (nSPS) is 10.8. The van der Waals surface area contributed by atoms with E-state index in [1.165, 1.54) is 5.56 Å². The maximum Gasteiger partial charge on any atom is 0.0959 e. The van der Waals surface area contributed by atoms with Gasteiger partial charge in [-0.1, -0.05) is 59.6 Å². The fourth-order valence-electron chi connectivity index (χ4n) is 2.31. The second-order valence-electron chi connectivity index (χ2n) is 4.92. The average molecular weight is 317 g/mol. The van der Waals surface area contributed by atoms with Gasteiger partial charge in [-0.3, -0.25) is 0 Å². The van der Waals surface area contributed by atoms with Crippen molar-refractivity contribution in [1.82, 2.24) is 9.55 Å². The number of hydrogen-bond acceptors (Lipinski definition) is 1. The minimum Gasteiger partial charge on any atom is -0.330 e. The van der Waals surface area contributed by atoms with E-state index < -0.39 is 0 Å². The van der Waals surface area contributed by atoms with Crippen molar-refractivity contribution in [1.29, 1.82) is 0 Å². The molecule has 0 unspecified atom stereocenters. The lowest BCUT2D eigenvalue weighted by Crippen LogP contribution is -2.00. The summed E-state index contributed by atoms with van der Waals surface area (Å²) in [7, 11) is 0. The topological polar surface area (TPSA) is 17.8 Å². The third-order valence-electron chi connectivity index (χ3n) is 3.49. The first-order valence-electron chi connectivity index (χ1n) is 6.66. The van der Waals surface area contributed by atoms with E-state index in [-0.39, 0.29) is 0 Å². The van der Waals surface area contributed by atoms with Crippen molar-refractivity contribution >= 4 is 23.2 Å². The Bertz CT molecular complexity index is 764. The molecule has 0 aliphatic heterocycles. The monoisotopic (exact) mass is 316 g/mol. The molecule has 0 bridgehead atoms. The third-order valence-corrected chi connectivity index (χ3v) is 4.23. The molecule has 0 fully saturated rings. The highest BCUT2D eigenvalue weighted by Gasteiger charge is 2.10. The van der Waals surface area contributed by atoms with Gasteiger partial charge in [0, 0.05) is 17.8 Å². The number of nitrogens with zero attached hydrogens (tertiary/aromatic N) is 2. The highest BCUT2D eigenvalue weighted by molar-refractivity contribution is 6.42. The van der Waals surface area contributed by atoms with Gasteiger partial charge in [0.25, 0.3) is 0 Å². The van der Waals surface area contributed by atoms with Crippen LogP contribution in [-0.2, 0) is 6.54 Å². The van der Waals surface area contributed by atoms with E-state index in [9.17, 15) is 0 Å². The van der Waals surface area contributed by atoms with Crippen LogP contribution in [0.5, 0.6) is 0 Å². The van der Waals surface area contributed by atoms with Crippen molar-refractivity contribution in [3.05, 3.63) is 76.2 Å². The van der Waals surface area contributed by atoms with Gasteiger partial charge in [0.2, 0.25) is 0 Å². The molecule has 1 heterocycles. The first-order valence-corrected chi connectivity index (χ1v) is 7.42. The molecule has 3 rings (SSSR count). The zero-order valence-electron chi connectivity index (χ0n) is 11.6. The van der Waals surface area contributed by atoms with Crippen LogP contribution in [0.25, 0.3) is 11.3 Å². The van der Waals surface area contributed by atoms with Gasteiger partial charge in [-0.15, -0.1) is 0 Å². The average Bonchev–Trinajstić information content (AvgIpc) is 2.84. The van der Waals surface area contributed by atoms with Crippen LogP contribution in [-0.4, -0.2) is 9.55 Å². The molecule has 0 radical (unpaired) electrons. The molecular formula is C17H14Cl2N2. The summed E-state index contributed by atoms with van der Waals surface area (Å²) in [4.78, 5) is 4.51. The first-order chi connectivity index (χ1) is 10.1. The van der Waals surface area contributed by atoms with Crippen LogP contribution in [0.2, 0.25) is 10.0 Å². The number of rotatable bonds is 3. The van der Waals surface area contributed by atoms with Crippen LogP contribution in [0.1, 0.15) is 11.3 Å². The highest BCUT2D eigenvalue weighted by atomic mass is 35.5. The zero-order valence-corrected chi connectivity index (χ0v) is 13.1. The summed E-state index contributed by atoms with van der Waals surface area (Å²) in [5.41, 5.74) is 4.27. The van der Waals surface area contributed by atoms with E-state index in [2.05, 4.69) is 28.6 Å². The van der Waals surface area contributed by atoms with E-state index in [4.69, 9.17) is 23.2 Å². The molecular weight excluding hydrogens is 303 g/mol. The Morgan fingerprint density at radius 3 is 2.48 bits per heavy atom. The fourth-order valence-corrected chi connectivity index (χ4v) is 2.61. The summed E-state index contributed by atoms with van der Waals surface area (Å²) in [6.07, 6.45) is 1.86. The Morgan fingerprint density at radius 2 is 1.76 bits per heavy atom. The lowest BCUT2D eigenvalue weighted by molar-refractivity contribution is 0.770. The fraction of sp³-hybridized carbons (Fsp3) is 0.118. The second-order valence-corrected chi connectivity index (χ2v) is 5.74. The van der Waals surface area contributed by atoms with Crippen LogP contribution in [0.3, 0.4) is 0 Å². The first kappa shape index (κ1) is 14.2. The Kier molecular flexibility index (Phi) is 4.00. The molecule has 2 nitrogen and oxygen atoms in total. The van der Waals surface area contributed by atoms with Crippen molar-refractivity contribution in [3.63, 3.8) is 0 Å². The molecule has 0 aliphatic rings. The molecule has 0 saturated heterocycles. The predicted molar refractivity (Wildman–Crippen MR) is 88.0 cm³/mol. The second kappa shape index (κ2) is 5.92. The van der Waals surface area contributed by atoms with Crippen LogP contribution < -0.4 is 0 Å². The number of imidazole rings is 1. The smallest absolute Gasteiger partial charge is 0.0959 e. The van der Waals surface area contributed by atoms with Gasteiger partial charge in [0.15, 0.2) is 0 Å². The molecule has 106 valence electrons. The molecule has 2 aromatic carbocycles. The highest BCUT2D eigenvalue weighted by Crippen LogP contribution is 2.29. The molecule has 0 amide bonds. The zero-order chi connectivity index (χ0) is 14.8. The number of benzene rings is 2. The van der Waals surface area contributed by atoms with Crippen molar-refractivity contribution < 1.29 is 0 Å². The lowest BCUT2D eigenvalue weighted by atomic mass is 10.1. The number of hydrogen-bond donors (Lipinski definition) is 0. The molecule has 0 aliphatic carbocycles. The standard InChI is InChI=1S/C17H14Cl2N2/c1-12-17(14-7-8-15(18)16(19)9-14)20-11-21(12)10-13-5-3-2-4-6-13/h2-9,11H,10H2,1H3. The summed E-state index contributed by atoms with van der Waals surface area (Å²) in [6, 6.07) is 15.9. The van der Waals surface area contributed by atoms with Crippen LogP contribution >= 0.6 is 23.2 Å². The van der Waals surface area contributed by atoms with Crippen molar-refractivity contribution in [2.75, 3.05) is 0 Å². The predicted octanol–water partition coefficient (Wildman–Crippen LogP) is 5.21. The molecule has 21 heavy (non-hydrogen) atoms. The van der Waals surface area contributed by atoms with Crippen molar-refractivity contribution in [2.24, 2.45) is 0 Å². The van der Waals surface area contributed by atoms with Gasteiger partial charge in [-0.05, 0) is 24.6 Å². The maximum absolute atomic E-state index is 6.09. The molecule has 1 aromatic heterocycles. The summed E-state index contributed by atoms with van der Waals surface area (Å²) in [5.74, 6) is 0. The molecule has 0 atom stereocenters. The van der Waals surface area contributed by atoms with Gasteiger partial charge in [-0.25, -0.2) is 4.98 Å². The number of halogens is 2. The minimum atomic E-state index is 0.547. The molecule has 4 heteroatoms. The largest absolute Gasteiger partial charge is 0.330 e. The Labute approximate surface area is 134 Å². The molecule has 3 aromatic rings. The van der Waals surface area contributed by atoms with Crippen LogP contribution in [0.4, 0.5) is 0 Å². The van der Waals surface area contributed by atoms with Gasteiger partial charge in [-0.2, -0.15) is 0 Å². The van der Waals surface area contributed by atoms with Gasteiger partial charge in [0.05, 0.1) is 22.1 Å². The third kappa shape index (κ3) is 2.97. The molecule has 0 N–H and O–H groups in total. The van der Waals surface area contributed by atoms with E-state index >= 15 is 0 Å². The van der Waals surface area contributed by atoms with Crippen LogP contribution in [0, 0.1) is 6.92 Å². The van der Waals surface area contributed by atoms with Gasteiger partial charge < -0.3 is 4.57 Å².